The van der Waals surface area contributed by atoms with E-state index in [2.05, 4.69) is 28.1 Å². The number of fused-ring (bicyclic) bond motifs is 1. The summed E-state index contributed by atoms with van der Waals surface area (Å²) in [4.78, 5) is 12.0. The van der Waals surface area contributed by atoms with Gasteiger partial charge in [0.1, 0.15) is 5.75 Å². The number of amides is 1. The Morgan fingerprint density at radius 3 is 2.58 bits per heavy atom. The predicted molar refractivity (Wildman–Crippen MR) is 104 cm³/mol. The molecule has 7 heteroatoms. The molecule has 1 amide bonds. The van der Waals surface area contributed by atoms with Crippen molar-refractivity contribution in [3.05, 3.63) is 56.9 Å². The van der Waals surface area contributed by atoms with Crippen molar-refractivity contribution >= 4 is 44.0 Å². The molecule has 5 nitrogen and oxygen atoms in total. The van der Waals surface area contributed by atoms with E-state index in [9.17, 15) is 13.2 Å². The van der Waals surface area contributed by atoms with E-state index in [1.165, 1.54) is 12.1 Å². The lowest BCUT2D eigenvalue weighted by Gasteiger charge is -2.10. The summed E-state index contributed by atoms with van der Waals surface area (Å²) in [6, 6.07) is 10.3. The Bertz CT molecular complexity index is 1060. The Morgan fingerprint density at radius 2 is 1.85 bits per heavy atom. The number of nitrogens with one attached hydrogen (secondary N) is 1. The fourth-order valence-electron chi connectivity index (χ4n) is 2.73. The average Bonchev–Trinajstić information content (AvgIpc) is 2.58. The van der Waals surface area contributed by atoms with Crippen molar-refractivity contribution in [1.29, 1.82) is 0 Å². The van der Waals surface area contributed by atoms with Gasteiger partial charge in [0, 0.05) is 4.47 Å². The number of aryl methyl sites for hydroxylation is 1. The van der Waals surface area contributed by atoms with Crippen LogP contribution in [-0.4, -0.2) is 20.9 Å². The molecule has 3 rings (SSSR count). The summed E-state index contributed by atoms with van der Waals surface area (Å²) in [5.41, 5.74) is 0.769. The number of sulfonamides is 1. The Labute approximate surface area is 160 Å². The monoisotopic (exact) mass is 435 g/mol. The van der Waals surface area contributed by atoms with Crippen molar-refractivity contribution in [2.75, 3.05) is 6.61 Å². The summed E-state index contributed by atoms with van der Waals surface area (Å²) in [5.74, 6) is -0.197. The molecule has 0 aromatic heterocycles. The first-order valence-electron chi connectivity index (χ1n) is 8.09. The molecular formula is C19H18BrNO4S. The van der Waals surface area contributed by atoms with Gasteiger partial charge in [-0.15, -0.1) is 0 Å². The lowest BCUT2D eigenvalue weighted by Crippen LogP contribution is -2.34. The van der Waals surface area contributed by atoms with Gasteiger partial charge in [0.2, 0.25) is 0 Å². The van der Waals surface area contributed by atoms with Gasteiger partial charge in [-0.25, -0.2) is 13.1 Å². The lowest BCUT2D eigenvalue weighted by atomic mass is 10.1. The number of carbonyl (C=O) groups is 1. The second-order valence-corrected chi connectivity index (χ2v) is 8.66. The van der Waals surface area contributed by atoms with Gasteiger partial charge in [0.05, 0.1) is 4.90 Å². The molecule has 1 aliphatic carbocycles. The van der Waals surface area contributed by atoms with Gasteiger partial charge >= 0.3 is 0 Å². The maximum absolute atomic E-state index is 12.3. The zero-order valence-corrected chi connectivity index (χ0v) is 16.6. The summed E-state index contributed by atoms with van der Waals surface area (Å²) in [7, 11) is -3.94. The van der Waals surface area contributed by atoms with Crippen LogP contribution in [-0.2, 0) is 14.8 Å². The average molecular weight is 436 g/mol. The molecule has 26 heavy (non-hydrogen) atoms. The summed E-state index contributed by atoms with van der Waals surface area (Å²) in [6.45, 7) is 1.40. The number of halogens is 1. The largest absolute Gasteiger partial charge is 0.484 e. The normalized spacial score (nSPS) is 13.2. The van der Waals surface area contributed by atoms with E-state index in [4.69, 9.17) is 4.74 Å². The number of rotatable bonds is 5. The smallest absolute Gasteiger partial charge is 0.271 e. The van der Waals surface area contributed by atoms with Crippen LogP contribution in [0.3, 0.4) is 0 Å². The van der Waals surface area contributed by atoms with E-state index in [0.717, 1.165) is 28.8 Å². The molecule has 0 saturated carbocycles. The Hall–Kier alpha value is -2.12. The topological polar surface area (TPSA) is 72.5 Å². The van der Waals surface area contributed by atoms with E-state index >= 15 is 0 Å². The van der Waals surface area contributed by atoms with Crippen LogP contribution in [0.5, 0.6) is 5.75 Å². The van der Waals surface area contributed by atoms with E-state index in [0.29, 0.717) is 10.2 Å². The van der Waals surface area contributed by atoms with E-state index in [-0.39, 0.29) is 11.5 Å². The summed E-state index contributed by atoms with van der Waals surface area (Å²) < 4.78 is 32.8. The summed E-state index contributed by atoms with van der Waals surface area (Å²) in [5, 5.41) is 2.20. The molecule has 2 aromatic carbocycles. The van der Waals surface area contributed by atoms with E-state index in [1.807, 2.05) is 16.9 Å². The van der Waals surface area contributed by atoms with Crippen LogP contribution in [0.25, 0.3) is 12.2 Å². The Morgan fingerprint density at radius 1 is 1.12 bits per heavy atom. The molecule has 1 aliphatic rings. The molecule has 0 atom stereocenters. The molecule has 0 fully saturated rings. The summed E-state index contributed by atoms with van der Waals surface area (Å²) in [6.07, 6.45) is 6.25. The third kappa shape index (κ3) is 4.53. The van der Waals surface area contributed by atoms with Crippen LogP contribution in [0.2, 0.25) is 0 Å². The standard InChI is InChI=1S/C19H18BrNO4S/c1-13-8-16(20)11-18(9-13)26(23,24)21-19(22)12-25-17-7-6-14-4-2-3-5-15(14)10-17/h4-11H,2-3,12H2,1H3,(H,21,22). The number of ether oxygens (including phenoxy) is 1. The second kappa shape index (κ2) is 7.63. The molecular weight excluding hydrogens is 418 g/mol. The summed E-state index contributed by atoms with van der Waals surface area (Å²) >= 11 is 3.26. The number of benzene rings is 2. The number of hydrogen-bond acceptors (Lipinski definition) is 4. The highest BCUT2D eigenvalue weighted by Gasteiger charge is 2.18. The minimum absolute atomic E-state index is 0.0247. The molecule has 0 unspecified atom stereocenters. The van der Waals surface area contributed by atoms with Gasteiger partial charge in [0.25, 0.3) is 15.9 Å². The minimum atomic E-state index is -3.94. The fourth-order valence-corrected chi connectivity index (χ4v) is 4.59. The van der Waals surface area contributed by atoms with Crippen molar-refractivity contribution in [1.82, 2.24) is 4.72 Å². The van der Waals surface area contributed by atoms with Crippen molar-refractivity contribution in [2.45, 2.75) is 24.7 Å². The van der Waals surface area contributed by atoms with Crippen LogP contribution in [0.15, 0.2) is 45.8 Å². The maximum atomic E-state index is 12.3. The van der Waals surface area contributed by atoms with Gasteiger partial charge in [-0.05, 0) is 66.1 Å². The predicted octanol–water partition coefficient (Wildman–Crippen LogP) is 2.00. The van der Waals surface area contributed by atoms with Crippen LogP contribution in [0, 0.1) is 6.92 Å². The molecule has 136 valence electrons. The minimum Gasteiger partial charge on any atom is -0.484 e. The van der Waals surface area contributed by atoms with Crippen molar-refractivity contribution in [3.8, 4) is 5.75 Å². The molecule has 0 spiro atoms. The van der Waals surface area contributed by atoms with Gasteiger partial charge in [-0.1, -0.05) is 34.1 Å². The third-order valence-corrected chi connectivity index (χ3v) is 5.71. The van der Waals surface area contributed by atoms with Crippen molar-refractivity contribution in [3.63, 3.8) is 0 Å². The molecule has 0 saturated heterocycles. The van der Waals surface area contributed by atoms with Crippen molar-refractivity contribution < 1.29 is 17.9 Å². The second-order valence-electron chi connectivity index (χ2n) is 6.06. The van der Waals surface area contributed by atoms with Gasteiger partial charge < -0.3 is 4.74 Å². The SMILES string of the molecule is Cc1cc(Br)cc(S(=O)(=O)NC(=O)COc2ccc3c(c2)=CCCC=3)c1. The zero-order valence-electron chi connectivity index (χ0n) is 14.2. The van der Waals surface area contributed by atoms with Gasteiger partial charge in [0.15, 0.2) is 6.61 Å². The quantitative estimate of drug-likeness (QED) is 0.779. The third-order valence-electron chi connectivity index (χ3n) is 3.90. The first kappa shape index (κ1) is 18.7. The van der Waals surface area contributed by atoms with Crippen LogP contribution < -0.4 is 19.9 Å². The Balaban J connectivity index is 1.67. The molecule has 0 aliphatic heterocycles. The first-order valence-corrected chi connectivity index (χ1v) is 10.4. The zero-order chi connectivity index (χ0) is 18.7. The van der Waals surface area contributed by atoms with Gasteiger partial charge in [-0.2, -0.15) is 0 Å². The fraction of sp³-hybridized carbons (Fsp3) is 0.211. The highest BCUT2D eigenvalue weighted by molar-refractivity contribution is 9.10. The van der Waals surface area contributed by atoms with Crippen LogP contribution >= 0.6 is 15.9 Å². The maximum Gasteiger partial charge on any atom is 0.271 e. The molecule has 0 bridgehead atoms. The Kier molecular flexibility index (Phi) is 5.48. The van der Waals surface area contributed by atoms with Crippen LogP contribution in [0.1, 0.15) is 18.4 Å². The highest BCUT2D eigenvalue weighted by atomic mass is 79.9. The number of carbonyl (C=O) groups excluding carboxylic acids is 1. The highest BCUT2D eigenvalue weighted by Crippen LogP contribution is 2.19. The molecule has 0 heterocycles. The number of hydrogen-bond donors (Lipinski definition) is 1. The lowest BCUT2D eigenvalue weighted by molar-refractivity contribution is -0.121. The molecule has 0 radical (unpaired) electrons. The van der Waals surface area contributed by atoms with E-state index < -0.39 is 15.9 Å². The molecule has 2 aromatic rings. The van der Waals surface area contributed by atoms with Crippen LogP contribution in [0.4, 0.5) is 0 Å². The van der Waals surface area contributed by atoms with Gasteiger partial charge in [-0.3, -0.25) is 4.79 Å². The van der Waals surface area contributed by atoms with Crippen molar-refractivity contribution in [2.24, 2.45) is 0 Å². The van der Waals surface area contributed by atoms with E-state index in [1.54, 1.807) is 19.1 Å². The first-order chi connectivity index (χ1) is 12.3. The molecule has 1 N–H and O–H groups in total.